The van der Waals surface area contributed by atoms with Crippen LogP contribution >= 0.6 is 22.6 Å². The average Bonchev–Trinajstić information content (AvgIpc) is 2.99. The van der Waals surface area contributed by atoms with Crippen molar-refractivity contribution in [3.63, 3.8) is 0 Å². The van der Waals surface area contributed by atoms with Gasteiger partial charge in [-0.25, -0.2) is 0 Å². The molecule has 3 nitrogen and oxygen atoms in total. The number of hydrogen-bond acceptors (Lipinski definition) is 2. The normalized spacial score (nSPS) is 30.2. The van der Waals surface area contributed by atoms with Gasteiger partial charge in [0, 0.05) is 37.6 Å². The van der Waals surface area contributed by atoms with Crippen LogP contribution in [0.4, 0.5) is 0 Å². The van der Waals surface area contributed by atoms with Gasteiger partial charge in [0.05, 0.1) is 5.69 Å². The number of nitrogens with zero attached hydrogens (tertiary/aromatic N) is 1. The fourth-order valence-electron chi connectivity index (χ4n) is 4.32. The Kier molecular flexibility index (Phi) is 4.47. The Labute approximate surface area is 157 Å². The summed E-state index contributed by atoms with van der Waals surface area (Å²) in [6, 6.07) is 8.66. The molecule has 1 N–H and O–H groups in total. The van der Waals surface area contributed by atoms with E-state index in [2.05, 4.69) is 69.7 Å². The van der Waals surface area contributed by atoms with E-state index in [1.165, 1.54) is 22.2 Å². The van der Waals surface area contributed by atoms with Crippen LogP contribution in [0, 0.1) is 5.92 Å². The topological polar surface area (TPSA) is 28.3 Å². The lowest BCUT2D eigenvalue weighted by Gasteiger charge is -2.34. The van der Waals surface area contributed by atoms with Crippen LogP contribution in [-0.2, 0) is 14.8 Å². The molecular weight excluding hydrogens is 411 g/mol. The second-order valence-electron chi connectivity index (χ2n) is 7.08. The molecule has 4 heteroatoms. The number of methoxy groups -OCH3 is 1. The van der Waals surface area contributed by atoms with Crippen molar-refractivity contribution in [3.8, 4) is 0 Å². The molecule has 0 fully saturated rings. The molecule has 0 spiro atoms. The molecule has 1 aromatic carbocycles. The summed E-state index contributed by atoms with van der Waals surface area (Å²) in [5, 5.41) is 1.35. The van der Waals surface area contributed by atoms with Crippen molar-refractivity contribution in [3.05, 3.63) is 47.2 Å². The molecule has 24 heavy (non-hydrogen) atoms. The van der Waals surface area contributed by atoms with E-state index in [0.29, 0.717) is 5.92 Å². The summed E-state index contributed by atoms with van der Waals surface area (Å²) in [5.41, 5.74) is 5.52. The molecule has 2 aliphatic heterocycles. The minimum atomic E-state index is -0.292. The van der Waals surface area contributed by atoms with E-state index in [0.717, 1.165) is 38.9 Å². The standard InChI is InChI=1S/C20H25IN2O/c1-3-14-10-15-11-20(21,24-2)19-17(8-9-23(12-14)13-15)16-6-4-5-7-18(16)22-19/h4-7,10,15,22H,3,8-9,11-13H2,1-2H3/t15-,20+/m0/s1. The fourth-order valence-corrected chi connectivity index (χ4v) is 5.34. The van der Waals surface area contributed by atoms with Gasteiger partial charge in [0.25, 0.3) is 0 Å². The van der Waals surface area contributed by atoms with Crippen molar-refractivity contribution in [2.75, 3.05) is 26.7 Å². The van der Waals surface area contributed by atoms with Crippen molar-refractivity contribution in [1.82, 2.24) is 9.88 Å². The van der Waals surface area contributed by atoms with E-state index < -0.39 is 0 Å². The Morgan fingerprint density at radius 3 is 3.00 bits per heavy atom. The molecule has 0 saturated heterocycles. The van der Waals surface area contributed by atoms with Gasteiger partial charge in [-0.1, -0.05) is 36.8 Å². The molecule has 2 aliphatic rings. The van der Waals surface area contributed by atoms with Gasteiger partial charge in [-0.05, 0) is 59.4 Å². The van der Waals surface area contributed by atoms with E-state index in [1.807, 2.05) is 7.11 Å². The van der Waals surface area contributed by atoms with Gasteiger partial charge in [-0.2, -0.15) is 0 Å². The van der Waals surface area contributed by atoms with E-state index >= 15 is 0 Å². The highest BCUT2D eigenvalue weighted by molar-refractivity contribution is 14.1. The monoisotopic (exact) mass is 436 g/mol. The number of rotatable bonds is 2. The van der Waals surface area contributed by atoms with Crippen molar-refractivity contribution in [1.29, 1.82) is 0 Å². The third-order valence-corrected chi connectivity index (χ3v) is 6.98. The van der Waals surface area contributed by atoms with E-state index in [4.69, 9.17) is 4.74 Å². The Bertz CT molecular complexity index is 781. The number of nitrogens with one attached hydrogen (secondary N) is 1. The molecule has 3 heterocycles. The van der Waals surface area contributed by atoms with Crippen LogP contribution in [0.1, 0.15) is 31.0 Å². The zero-order valence-electron chi connectivity index (χ0n) is 14.4. The fraction of sp³-hybridized carbons (Fsp3) is 0.500. The lowest BCUT2D eigenvalue weighted by molar-refractivity contribution is 0.0603. The molecule has 1 aromatic heterocycles. The molecular formula is C20H25IN2O. The van der Waals surface area contributed by atoms with E-state index in [-0.39, 0.29) is 3.61 Å². The maximum absolute atomic E-state index is 6.09. The SMILES string of the molecule is CCC1=C[C@@H]2CN(CCc3c([nH]c4ccccc34)[C@](I)(OC)C2)C1. The smallest absolute Gasteiger partial charge is 0.159 e. The van der Waals surface area contributed by atoms with Gasteiger partial charge in [0.1, 0.15) is 0 Å². The molecule has 0 radical (unpaired) electrons. The van der Waals surface area contributed by atoms with Crippen LogP contribution in [0.15, 0.2) is 35.9 Å². The van der Waals surface area contributed by atoms with Crippen molar-refractivity contribution in [2.45, 2.75) is 29.8 Å². The first-order valence-corrected chi connectivity index (χ1v) is 9.97. The zero-order chi connectivity index (χ0) is 16.7. The largest absolute Gasteiger partial charge is 0.362 e. The van der Waals surface area contributed by atoms with Crippen LogP contribution < -0.4 is 0 Å². The van der Waals surface area contributed by atoms with E-state index in [9.17, 15) is 0 Å². The summed E-state index contributed by atoms with van der Waals surface area (Å²) in [5.74, 6) is 0.558. The highest BCUT2D eigenvalue weighted by Crippen LogP contribution is 2.44. The maximum atomic E-state index is 6.09. The maximum Gasteiger partial charge on any atom is 0.159 e. The number of H-pyrrole nitrogens is 1. The van der Waals surface area contributed by atoms with Crippen molar-refractivity contribution in [2.24, 2.45) is 5.92 Å². The molecule has 4 rings (SSSR count). The number of alkyl halides is 1. The molecule has 0 saturated carbocycles. The van der Waals surface area contributed by atoms with Gasteiger partial charge in [0.15, 0.2) is 3.61 Å². The van der Waals surface area contributed by atoms with Gasteiger partial charge < -0.3 is 9.72 Å². The number of hydrogen-bond donors (Lipinski definition) is 1. The third-order valence-electron chi connectivity index (χ3n) is 5.56. The van der Waals surface area contributed by atoms with Crippen LogP contribution in [0.3, 0.4) is 0 Å². The highest BCUT2D eigenvalue weighted by Gasteiger charge is 2.38. The predicted molar refractivity (Wildman–Crippen MR) is 108 cm³/mol. The van der Waals surface area contributed by atoms with Gasteiger partial charge >= 0.3 is 0 Å². The number of halogens is 1. The lowest BCUT2D eigenvalue weighted by Crippen LogP contribution is -2.37. The second-order valence-corrected chi connectivity index (χ2v) is 8.83. The predicted octanol–water partition coefficient (Wildman–Crippen LogP) is 4.62. The van der Waals surface area contributed by atoms with Crippen molar-refractivity contribution < 1.29 is 4.74 Å². The number of para-hydroxylation sites is 1. The summed E-state index contributed by atoms with van der Waals surface area (Å²) in [6.45, 7) is 5.68. The molecule has 2 bridgehead atoms. The molecule has 0 aliphatic carbocycles. The number of benzene rings is 1. The van der Waals surface area contributed by atoms with Gasteiger partial charge in [0.2, 0.25) is 0 Å². The summed E-state index contributed by atoms with van der Waals surface area (Å²) in [7, 11) is 1.85. The van der Waals surface area contributed by atoms with Gasteiger partial charge in [-0.15, -0.1) is 0 Å². The minimum Gasteiger partial charge on any atom is -0.362 e. The van der Waals surface area contributed by atoms with Crippen molar-refractivity contribution >= 4 is 33.5 Å². The first-order valence-electron chi connectivity index (χ1n) is 8.89. The molecule has 0 amide bonds. The number of aromatic amines is 1. The third kappa shape index (κ3) is 2.82. The molecule has 3 atom stereocenters. The quantitative estimate of drug-likeness (QED) is 0.423. The number of fused-ring (bicyclic) bond motifs is 5. The van der Waals surface area contributed by atoms with Crippen LogP contribution in [0.2, 0.25) is 0 Å². The Morgan fingerprint density at radius 1 is 1.38 bits per heavy atom. The Balaban J connectivity index is 1.84. The van der Waals surface area contributed by atoms with Crippen LogP contribution in [0.5, 0.6) is 0 Å². The van der Waals surface area contributed by atoms with Crippen LogP contribution in [-0.4, -0.2) is 36.6 Å². The zero-order valence-corrected chi connectivity index (χ0v) is 16.6. The Hall–Kier alpha value is -0.850. The summed E-state index contributed by atoms with van der Waals surface area (Å²) in [4.78, 5) is 6.32. The first kappa shape index (κ1) is 16.6. The van der Waals surface area contributed by atoms with Gasteiger partial charge in [-0.3, -0.25) is 4.90 Å². The first-order chi connectivity index (χ1) is 11.6. The molecule has 128 valence electrons. The average molecular weight is 436 g/mol. The summed E-state index contributed by atoms with van der Waals surface area (Å²) in [6.07, 6.45) is 5.76. The minimum absolute atomic E-state index is 0.292. The molecule has 2 aromatic rings. The van der Waals surface area contributed by atoms with E-state index in [1.54, 1.807) is 5.57 Å². The van der Waals surface area contributed by atoms with Crippen LogP contribution in [0.25, 0.3) is 10.9 Å². The number of aromatic nitrogens is 1. The Morgan fingerprint density at radius 2 is 2.21 bits per heavy atom. The lowest BCUT2D eigenvalue weighted by atomic mass is 9.92. The molecule has 1 unspecified atom stereocenters. The highest BCUT2D eigenvalue weighted by atomic mass is 127. The second kappa shape index (κ2) is 6.46. The summed E-state index contributed by atoms with van der Waals surface area (Å²) >= 11 is 2.53. The summed E-state index contributed by atoms with van der Waals surface area (Å²) < 4.78 is 5.80. The number of ether oxygens (including phenoxy) is 1.